The van der Waals surface area contributed by atoms with Crippen molar-refractivity contribution in [1.29, 1.82) is 0 Å². The molecule has 0 heterocycles. The molecule has 0 fully saturated rings. The van der Waals surface area contributed by atoms with Gasteiger partial charge in [0.1, 0.15) is 0 Å². The standard InChI is InChI=1S/C14H22N4O3/c1-5-15-13-7-6-12(18(20)21)8-11(13)9-17(4)10-14(19)16(2)3/h6-8,15H,5,9-10H2,1-4H3. The number of hydrogen-bond acceptors (Lipinski definition) is 5. The maximum atomic E-state index is 11.7. The molecule has 21 heavy (non-hydrogen) atoms. The predicted molar refractivity (Wildman–Crippen MR) is 82.3 cm³/mol. The van der Waals surface area contributed by atoms with E-state index in [1.165, 1.54) is 11.0 Å². The number of nitro benzene ring substituents is 1. The molecular formula is C14H22N4O3. The molecular weight excluding hydrogens is 272 g/mol. The third kappa shape index (κ3) is 5.03. The van der Waals surface area contributed by atoms with E-state index in [0.717, 1.165) is 17.8 Å². The number of nitrogens with zero attached hydrogens (tertiary/aromatic N) is 3. The van der Waals surface area contributed by atoms with Gasteiger partial charge < -0.3 is 10.2 Å². The Labute approximate surface area is 124 Å². The van der Waals surface area contributed by atoms with Crippen LogP contribution >= 0.6 is 0 Å². The lowest BCUT2D eigenvalue weighted by atomic mass is 10.1. The first-order valence-corrected chi connectivity index (χ1v) is 6.75. The third-order valence-corrected chi connectivity index (χ3v) is 3.01. The highest BCUT2D eigenvalue weighted by Crippen LogP contribution is 2.23. The lowest BCUT2D eigenvalue weighted by Gasteiger charge is -2.20. The van der Waals surface area contributed by atoms with Crippen molar-refractivity contribution < 1.29 is 9.72 Å². The van der Waals surface area contributed by atoms with Crippen LogP contribution in [0, 0.1) is 10.1 Å². The molecule has 0 saturated heterocycles. The Hall–Kier alpha value is -2.15. The van der Waals surface area contributed by atoms with Crippen LogP contribution in [0.15, 0.2) is 18.2 Å². The van der Waals surface area contributed by atoms with Gasteiger partial charge in [-0.2, -0.15) is 0 Å². The average Bonchev–Trinajstić information content (AvgIpc) is 2.40. The first-order chi connectivity index (χ1) is 9.85. The Morgan fingerprint density at radius 3 is 2.52 bits per heavy atom. The number of likely N-dealkylation sites (N-methyl/N-ethyl adjacent to an activating group) is 2. The summed E-state index contributed by atoms with van der Waals surface area (Å²) < 4.78 is 0. The van der Waals surface area contributed by atoms with Gasteiger partial charge in [-0.15, -0.1) is 0 Å². The van der Waals surface area contributed by atoms with Gasteiger partial charge in [0.05, 0.1) is 11.5 Å². The zero-order chi connectivity index (χ0) is 16.0. The van der Waals surface area contributed by atoms with Crippen molar-refractivity contribution in [3.63, 3.8) is 0 Å². The summed E-state index contributed by atoms with van der Waals surface area (Å²) in [7, 11) is 5.22. The highest BCUT2D eigenvalue weighted by Gasteiger charge is 2.14. The highest BCUT2D eigenvalue weighted by atomic mass is 16.6. The van der Waals surface area contributed by atoms with Gasteiger partial charge in [0.2, 0.25) is 5.91 Å². The second-order valence-electron chi connectivity index (χ2n) is 5.09. The molecule has 0 saturated carbocycles. The fourth-order valence-corrected chi connectivity index (χ4v) is 1.91. The Morgan fingerprint density at radius 2 is 2.00 bits per heavy atom. The molecule has 7 nitrogen and oxygen atoms in total. The second kappa shape index (κ2) is 7.58. The number of anilines is 1. The third-order valence-electron chi connectivity index (χ3n) is 3.01. The minimum absolute atomic E-state index is 0.00654. The van der Waals surface area contributed by atoms with Crippen molar-refractivity contribution in [2.75, 3.05) is 39.5 Å². The number of hydrogen-bond donors (Lipinski definition) is 1. The fraction of sp³-hybridized carbons (Fsp3) is 0.500. The van der Waals surface area contributed by atoms with E-state index in [1.807, 2.05) is 18.9 Å². The van der Waals surface area contributed by atoms with Crippen molar-refractivity contribution >= 4 is 17.3 Å². The van der Waals surface area contributed by atoms with Gasteiger partial charge in [-0.25, -0.2) is 0 Å². The van der Waals surface area contributed by atoms with Gasteiger partial charge in [-0.05, 0) is 25.6 Å². The first-order valence-electron chi connectivity index (χ1n) is 6.75. The predicted octanol–water partition coefficient (Wildman–Crippen LogP) is 1.55. The summed E-state index contributed by atoms with van der Waals surface area (Å²) >= 11 is 0. The van der Waals surface area contributed by atoms with E-state index in [0.29, 0.717) is 6.54 Å². The van der Waals surface area contributed by atoms with E-state index < -0.39 is 4.92 Å². The van der Waals surface area contributed by atoms with E-state index in [1.54, 1.807) is 26.2 Å². The summed E-state index contributed by atoms with van der Waals surface area (Å²) in [6.45, 7) is 3.42. The highest BCUT2D eigenvalue weighted by molar-refractivity contribution is 5.77. The summed E-state index contributed by atoms with van der Waals surface area (Å²) in [4.78, 5) is 25.5. The number of carbonyl (C=O) groups excluding carboxylic acids is 1. The summed E-state index contributed by atoms with van der Waals surface area (Å²) in [5, 5.41) is 14.1. The van der Waals surface area contributed by atoms with Crippen LogP contribution < -0.4 is 5.32 Å². The molecule has 0 aromatic heterocycles. The van der Waals surface area contributed by atoms with Crippen molar-refractivity contribution in [1.82, 2.24) is 9.80 Å². The van der Waals surface area contributed by atoms with Crippen LogP contribution in [0.5, 0.6) is 0 Å². The Morgan fingerprint density at radius 1 is 1.33 bits per heavy atom. The van der Waals surface area contributed by atoms with Crippen molar-refractivity contribution in [2.24, 2.45) is 0 Å². The molecule has 1 N–H and O–H groups in total. The molecule has 7 heteroatoms. The van der Waals surface area contributed by atoms with Gasteiger partial charge in [0.15, 0.2) is 0 Å². The molecule has 0 aliphatic heterocycles. The lowest BCUT2D eigenvalue weighted by molar-refractivity contribution is -0.384. The van der Waals surface area contributed by atoms with Gasteiger partial charge >= 0.3 is 0 Å². The maximum Gasteiger partial charge on any atom is 0.269 e. The van der Waals surface area contributed by atoms with E-state index >= 15 is 0 Å². The van der Waals surface area contributed by atoms with Gasteiger partial charge in [-0.1, -0.05) is 0 Å². The molecule has 1 amide bonds. The van der Waals surface area contributed by atoms with E-state index in [-0.39, 0.29) is 18.1 Å². The molecule has 1 aromatic carbocycles. The van der Waals surface area contributed by atoms with Crippen LogP contribution in [0.2, 0.25) is 0 Å². The second-order valence-corrected chi connectivity index (χ2v) is 5.09. The van der Waals surface area contributed by atoms with Crippen LogP contribution in [-0.2, 0) is 11.3 Å². The lowest BCUT2D eigenvalue weighted by Crippen LogP contribution is -2.34. The minimum Gasteiger partial charge on any atom is -0.385 e. The Bertz CT molecular complexity index is 517. The largest absolute Gasteiger partial charge is 0.385 e. The average molecular weight is 294 g/mol. The van der Waals surface area contributed by atoms with E-state index in [2.05, 4.69) is 5.32 Å². The molecule has 0 aliphatic rings. The fourth-order valence-electron chi connectivity index (χ4n) is 1.91. The molecule has 116 valence electrons. The van der Waals surface area contributed by atoms with Crippen LogP contribution in [0.25, 0.3) is 0 Å². The van der Waals surface area contributed by atoms with Crippen molar-refractivity contribution in [3.8, 4) is 0 Å². The van der Waals surface area contributed by atoms with E-state index in [9.17, 15) is 14.9 Å². The minimum atomic E-state index is -0.413. The van der Waals surface area contributed by atoms with E-state index in [4.69, 9.17) is 0 Å². The number of amides is 1. The van der Waals surface area contributed by atoms with Gasteiger partial charge in [-0.3, -0.25) is 19.8 Å². The topological polar surface area (TPSA) is 78.7 Å². The van der Waals surface area contributed by atoms with Crippen LogP contribution in [0.1, 0.15) is 12.5 Å². The van der Waals surface area contributed by atoms with Crippen molar-refractivity contribution in [2.45, 2.75) is 13.5 Å². The molecule has 0 radical (unpaired) electrons. The van der Waals surface area contributed by atoms with Crippen LogP contribution in [0.4, 0.5) is 11.4 Å². The zero-order valence-corrected chi connectivity index (χ0v) is 12.9. The smallest absolute Gasteiger partial charge is 0.269 e. The Balaban J connectivity index is 2.90. The molecule has 0 spiro atoms. The number of carbonyl (C=O) groups is 1. The molecule has 0 atom stereocenters. The number of nitro groups is 1. The molecule has 0 unspecified atom stereocenters. The number of non-ortho nitro benzene ring substituents is 1. The first kappa shape index (κ1) is 16.9. The molecule has 1 aromatic rings. The number of benzene rings is 1. The SMILES string of the molecule is CCNc1ccc([N+](=O)[O-])cc1CN(C)CC(=O)N(C)C. The normalized spacial score (nSPS) is 10.5. The van der Waals surface area contributed by atoms with Gasteiger partial charge in [0.25, 0.3) is 5.69 Å². The molecule has 0 bridgehead atoms. The Kier molecular flexibility index (Phi) is 6.10. The van der Waals surface area contributed by atoms with Crippen LogP contribution in [0.3, 0.4) is 0 Å². The quantitative estimate of drug-likeness (QED) is 0.609. The summed E-state index contributed by atoms with van der Waals surface area (Å²) in [6.07, 6.45) is 0. The summed E-state index contributed by atoms with van der Waals surface area (Å²) in [6, 6.07) is 4.74. The maximum absolute atomic E-state index is 11.7. The number of rotatable bonds is 7. The number of nitrogens with one attached hydrogen (secondary N) is 1. The van der Waals surface area contributed by atoms with Crippen molar-refractivity contribution in [3.05, 3.63) is 33.9 Å². The molecule has 1 rings (SSSR count). The zero-order valence-electron chi connectivity index (χ0n) is 12.9. The summed E-state index contributed by atoms with van der Waals surface area (Å²) in [5.41, 5.74) is 1.71. The monoisotopic (exact) mass is 294 g/mol. The summed E-state index contributed by atoms with van der Waals surface area (Å²) in [5.74, 6) is -0.00654. The molecule has 0 aliphatic carbocycles. The van der Waals surface area contributed by atoms with Crippen LogP contribution in [-0.4, -0.2) is 54.9 Å². The van der Waals surface area contributed by atoms with Gasteiger partial charge in [0, 0.05) is 45.0 Å².